The first-order chi connectivity index (χ1) is 13.4. The summed E-state index contributed by atoms with van der Waals surface area (Å²) in [6.45, 7) is 4.85. The van der Waals surface area contributed by atoms with Gasteiger partial charge in [-0.1, -0.05) is 26.0 Å². The molecule has 28 heavy (non-hydrogen) atoms. The molecule has 0 bridgehead atoms. The fourth-order valence-electron chi connectivity index (χ4n) is 3.29. The summed E-state index contributed by atoms with van der Waals surface area (Å²) in [5.74, 6) is 0.894. The lowest BCUT2D eigenvalue weighted by atomic mass is 9.99. The molecule has 2 aromatic carbocycles. The Kier molecular flexibility index (Phi) is 5.93. The number of rotatable bonds is 7. The van der Waals surface area contributed by atoms with E-state index in [4.69, 9.17) is 4.74 Å². The number of methoxy groups -OCH3 is 1. The summed E-state index contributed by atoms with van der Waals surface area (Å²) < 4.78 is 33.4. The Morgan fingerprint density at radius 3 is 2.46 bits per heavy atom. The van der Waals surface area contributed by atoms with Crippen molar-refractivity contribution in [1.82, 2.24) is 0 Å². The Balaban J connectivity index is 1.83. The highest BCUT2D eigenvalue weighted by Crippen LogP contribution is 2.34. The standard InChI is InChI=1S/C21H26N2O4S/c1-4-15(2)16-7-10-18(11-8-16)28(25,26)22-17-9-12-19(20(14-17)27-3)23-13-5-6-21(23)24/h7-12,14-15,22H,4-6,13H2,1-3H3. The van der Waals surface area contributed by atoms with E-state index in [1.54, 1.807) is 35.2 Å². The number of sulfonamides is 1. The first-order valence-corrected chi connectivity index (χ1v) is 10.9. The number of nitrogens with zero attached hydrogens (tertiary/aromatic N) is 1. The fraction of sp³-hybridized carbons (Fsp3) is 0.381. The lowest BCUT2D eigenvalue weighted by molar-refractivity contribution is -0.117. The number of hydrogen-bond donors (Lipinski definition) is 1. The smallest absolute Gasteiger partial charge is 0.261 e. The summed E-state index contributed by atoms with van der Waals surface area (Å²) in [5.41, 5.74) is 2.16. The summed E-state index contributed by atoms with van der Waals surface area (Å²) in [6.07, 6.45) is 2.32. The van der Waals surface area contributed by atoms with Crippen LogP contribution in [0.15, 0.2) is 47.4 Å². The second-order valence-corrected chi connectivity index (χ2v) is 8.70. The van der Waals surface area contributed by atoms with Gasteiger partial charge in [0.2, 0.25) is 5.91 Å². The van der Waals surface area contributed by atoms with Crippen molar-refractivity contribution in [3.63, 3.8) is 0 Å². The monoisotopic (exact) mass is 402 g/mol. The zero-order valence-electron chi connectivity index (χ0n) is 16.4. The van der Waals surface area contributed by atoms with Crippen molar-refractivity contribution in [3.8, 4) is 5.75 Å². The summed E-state index contributed by atoms with van der Waals surface area (Å²) in [5, 5.41) is 0. The van der Waals surface area contributed by atoms with Crippen molar-refractivity contribution in [2.75, 3.05) is 23.3 Å². The molecule has 1 N–H and O–H groups in total. The normalized spacial score (nSPS) is 15.5. The molecule has 1 amide bonds. The van der Waals surface area contributed by atoms with E-state index < -0.39 is 10.0 Å². The average Bonchev–Trinajstić information content (AvgIpc) is 3.12. The van der Waals surface area contributed by atoms with Gasteiger partial charge in [0.15, 0.2) is 0 Å². The van der Waals surface area contributed by atoms with Crippen LogP contribution >= 0.6 is 0 Å². The number of anilines is 2. The van der Waals surface area contributed by atoms with Gasteiger partial charge in [0.1, 0.15) is 5.75 Å². The van der Waals surface area contributed by atoms with E-state index in [0.717, 1.165) is 18.4 Å². The van der Waals surface area contributed by atoms with Crippen molar-refractivity contribution in [2.24, 2.45) is 0 Å². The zero-order chi connectivity index (χ0) is 20.3. The van der Waals surface area contributed by atoms with Crippen LogP contribution in [-0.4, -0.2) is 28.0 Å². The van der Waals surface area contributed by atoms with Crippen LogP contribution in [0.5, 0.6) is 5.75 Å². The van der Waals surface area contributed by atoms with Crippen LogP contribution in [0.1, 0.15) is 44.6 Å². The largest absolute Gasteiger partial charge is 0.494 e. The predicted octanol–water partition coefficient (Wildman–Crippen LogP) is 4.14. The van der Waals surface area contributed by atoms with E-state index in [9.17, 15) is 13.2 Å². The molecule has 1 aliphatic heterocycles. The van der Waals surface area contributed by atoms with Crippen molar-refractivity contribution < 1.29 is 17.9 Å². The molecular formula is C21H26N2O4S. The number of nitrogens with one attached hydrogen (secondary N) is 1. The van der Waals surface area contributed by atoms with Gasteiger partial charge in [0.25, 0.3) is 10.0 Å². The Morgan fingerprint density at radius 1 is 1.18 bits per heavy atom. The Hall–Kier alpha value is -2.54. The molecular weight excluding hydrogens is 376 g/mol. The minimum atomic E-state index is -3.72. The maximum atomic E-state index is 12.7. The number of hydrogen-bond acceptors (Lipinski definition) is 4. The van der Waals surface area contributed by atoms with E-state index in [1.165, 1.54) is 7.11 Å². The molecule has 0 radical (unpaired) electrons. The van der Waals surface area contributed by atoms with Crippen LogP contribution in [0.25, 0.3) is 0 Å². The first kappa shape index (κ1) is 20.2. The third-order valence-corrected chi connectivity index (χ3v) is 6.57. The van der Waals surface area contributed by atoms with Gasteiger partial charge < -0.3 is 9.64 Å². The molecule has 150 valence electrons. The van der Waals surface area contributed by atoms with Gasteiger partial charge in [-0.3, -0.25) is 9.52 Å². The number of amides is 1. The minimum absolute atomic E-state index is 0.0491. The van der Waals surface area contributed by atoms with Crippen LogP contribution in [0.3, 0.4) is 0 Å². The van der Waals surface area contributed by atoms with E-state index in [2.05, 4.69) is 18.6 Å². The third-order valence-electron chi connectivity index (χ3n) is 5.17. The van der Waals surface area contributed by atoms with Crippen LogP contribution in [-0.2, 0) is 14.8 Å². The third kappa shape index (κ3) is 4.14. The Morgan fingerprint density at radius 2 is 1.89 bits per heavy atom. The van der Waals surface area contributed by atoms with Gasteiger partial charge in [-0.2, -0.15) is 0 Å². The van der Waals surface area contributed by atoms with Crippen molar-refractivity contribution in [1.29, 1.82) is 0 Å². The minimum Gasteiger partial charge on any atom is -0.494 e. The van der Waals surface area contributed by atoms with E-state index >= 15 is 0 Å². The highest BCUT2D eigenvalue weighted by Gasteiger charge is 2.25. The predicted molar refractivity (Wildman–Crippen MR) is 111 cm³/mol. The molecule has 2 aromatic rings. The van der Waals surface area contributed by atoms with E-state index in [-0.39, 0.29) is 10.8 Å². The van der Waals surface area contributed by atoms with Gasteiger partial charge in [-0.15, -0.1) is 0 Å². The molecule has 0 aliphatic carbocycles. The summed E-state index contributed by atoms with van der Waals surface area (Å²) in [4.78, 5) is 13.9. The maximum absolute atomic E-state index is 12.7. The van der Waals surface area contributed by atoms with E-state index in [1.807, 2.05) is 12.1 Å². The van der Waals surface area contributed by atoms with Crippen LogP contribution in [0.4, 0.5) is 11.4 Å². The lowest BCUT2D eigenvalue weighted by Crippen LogP contribution is -2.24. The molecule has 0 aromatic heterocycles. The molecule has 6 nitrogen and oxygen atoms in total. The number of carbonyl (C=O) groups is 1. The van der Waals surface area contributed by atoms with Gasteiger partial charge in [-0.05, 0) is 48.6 Å². The molecule has 7 heteroatoms. The average molecular weight is 403 g/mol. The Bertz CT molecular complexity index is 955. The quantitative estimate of drug-likeness (QED) is 0.755. The SMILES string of the molecule is CCC(C)c1ccc(S(=O)(=O)Nc2ccc(N3CCCC3=O)c(OC)c2)cc1. The maximum Gasteiger partial charge on any atom is 0.261 e. The lowest BCUT2D eigenvalue weighted by Gasteiger charge is -2.20. The highest BCUT2D eigenvalue weighted by atomic mass is 32.2. The van der Waals surface area contributed by atoms with Crippen LogP contribution in [0.2, 0.25) is 0 Å². The van der Waals surface area contributed by atoms with Gasteiger partial charge in [-0.25, -0.2) is 8.42 Å². The molecule has 1 unspecified atom stereocenters. The highest BCUT2D eigenvalue weighted by molar-refractivity contribution is 7.92. The van der Waals surface area contributed by atoms with Gasteiger partial charge in [0.05, 0.1) is 23.4 Å². The van der Waals surface area contributed by atoms with Crippen molar-refractivity contribution in [3.05, 3.63) is 48.0 Å². The number of carbonyl (C=O) groups excluding carboxylic acids is 1. The molecule has 0 spiro atoms. The number of ether oxygens (including phenoxy) is 1. The van der Waals surface area contributed by atoms with Crippen molar-refractivity contribution >= 4 is 27.3 Å². The second kappa shape index (κ2) is 8.22. The van der Waals surface area contributed by atoms with Crippen molar-refractivity contribution in [2.45, 2.75) is 43.9 Å². The molecule has 1 aliphatic rings. The Labute approximate surface area is 166 Å². The summed E-state index contributed by atoms with van der Waals surface area (Å²) >= 11 is 0. The molecule has 1 heterocycles. The molecule has 1 atom stereocenters. The van der Waals surface area contributed by atoms with Gasteiger partial charge in [0, 0.05) is 19.0 Å². The first-order valence-electron chi connectivity index (χ1n) is 9.47. The summed E-state index contributed by atoms with van der Waals surface area (Å²) in [6, 6.07) is 11.9. The molecule has 3 rings (SSSR count). The molecule has 1 saturated heterocycles. The molecule has 0 saturated carbocycles. The molecule has 1 fully saturated rings. The van der Waals surface area contributed by atoms with Crippen LogP contribution < -0.4 is 14.4 Å². The zero-order valence-corrected chi connectivity index (χ0v) is 17.3. The van der Waals surface area contributed by atoms with Gasteiger partial charge >= 0.3 is 0 Å². The fourth-order valence-corrected chi connectivity index (χ4v) is 4.34. The van der Waals surface area contributed by atoms with Crippen LogP contribution in [0, 0.1) is 0 Å². The topological polar surface area (TPSA) is 75.7 Å². The summed E-state index contributed by atoms with van der Waals surface area (Å²) in [7, 11) is -2.21. The second-order valence-electron chi connectivity index (χ2n) is 7.02. The van der Waals surface area contributed by atoms with E-state index in [0.29, 0.717) is 36.0 Å². The number of benzene rings is 2.